The van der Waals surface area contributed by atoms with Gasteiger partial charge >= 0.3 is 24.4 Å². The molecule has 14 heteroatoms. The van der Waals surface area contributed by atoms with Crippen molar-refractivity contribution in [2.45, 2.75) is 51.2 Å². The first-order chi connectivity index (χ1) is 15.5. The van der Waals surface area contributed by atoms with E-state index in [1.54, 1.807) is 13.8 Å². The first-order valence-corrected chi connectivity index (χ1v) is 9.72. The van der Waals surface area contributed by atoms with E-state index in [0.717, 1.165) is 12.1 Å². The molecule has 0 radical (unpaired) electrons. The molecule has 0 aliphatic rings. The first kappa shape index (κ1) is 27.0. The summed E-state index contributed by atoms with van der Waals surface area (Å²) in [6.45, 7) is 4.87. The minimum atomic E-state index is -6.04. The fraction of sp³-hybridized carbons (Fsp3) is 0.450. The average Bonchev–Trinajstić information content (AvgIpc) is 3.04. The van der Waals surface area contributed by atoms with Crippen molar-refractivity contribution in [1.82, 2.24) is 10.5 Å². The molecular formula is C20H21F6N3O5. The van der Waals surface area contributed by atoms with Gasteiger partial charge in [-0.25, -0.2) is 9.59 Å². The van der Waals surface area contributed by atoms with Gasteiger partial charge in [0.15, 0.2) is 5.82 Å². The average molecular weight is 497 g/mol. The molecule has 0 fully saturated rings. The summed E-state index contributed by atoms with van der Waals surface area (Å²) in [7, 11) is 0. The van der Waals surface area contributed by atoms with Crippen molar-refractivity contribution >= 4 is 17.8 Å². The summed E-state index contributed by atoms with van der Waals surface area (Å²) in [5, 5.41) is 26.8. The summed E-state index contributed by atoms with van der Waals surface area (Å²) in [6.07, 6.45) is -12.0. The number of nitrogens with one attached hydrogen (secondary N) is 2. The van der Waals surface area contributed by atoms with Crippen LogP contribution in [0.2, 0.25) is 0 Å². The van der Waals surface area contributed by atoms with Gasteiger partial charge in [0.2, 0.25) is 0 Å². The number of hydrogen-bond donors (Lipinski definition) is 4. The van der Waals surface area contributed by atoms with E-state index < -0.39 is 41.6 Å². The van der Waals surface area contributed by atoms with Gasteiger partial charge in [-0.1, -0.05) is 43.3 Å². The van der Waals surface area contributed by atoms with Gasteiger partial charge in [-0.15, -0.1) is 0 Å². The minimum absolute atomic E-state index is 0.0152. The molecule has 0 aliphatic carbocycles. The molecule has 2 aromatic rings. The maximum atomic E-state index is 13.1. The summed E-state index contributed by atoms with van der Waals surface area (Å²) in [6, 6.07) is 0.407. The number of anilines is 1. The molecule has 4 N–H and O–H groups in total. The number of aliphatic hydroxyl groups is 1. The van der Waals surface area contributed by atoms with E-state index in [9.17, 15) is 46.1 Å². The molecule has 34 heavy (non-hydrogen) atoms. The maximum Gasteiger partial charge on any atom is 0.430 e. The van der Waals surface area contributed by atoms with Crippen LogP contribution in [-0.2, 0) is 10.4 Å². The SMILES string of the molecule is Cc1onc(NC(=O)NC(CC(C)C)C(=O)O)c1-c1ccc(C(O)(C(F)(F)F)C(F)(F)F)cc1. The van der Waals surface area contributed by atoms with Gasteiger partial charge in [0.05, 0.1) is 5.56 Å². The summed E-state index contributed by atoms with van der Waals surface area (Å²) >= 11 is 0. The zero-order valence-electron chi connectivity index (χ0n) is 18.0. The van der Waals surface area contributed by atoms with E-state index in [2.05, 4.69) is 15.8 Å². The van der Waals surface area contributed by atoms with E-state index >= 15 is 0 Å². The molecule has 0 aliphatic heterocycles. The molecule has 0 saturated heterocycles. The van der Waals surface area contributed by atoms with Gasteiger partial charge in [-0.2, -0.15) is 26.3 Å². The molecule has 0 saturated carbocycles. The minimum Gasteiger partial charge on any atom is -0.480 e. The van der Waals surface area contributed by atoms with E-state index in [1.165, 1.54) is 6.92 Å². The van der Waals surface area contributed by atoms with Crippen molar-refractivity contribution in [2.24, 2.45) is 5.92 Å². The van der Waals surface area contributed by atoms with Crippen LogP contribution in [0.25, 0.3) is 11.1 Å². The number of carbonyl (C=O) groups is 2. The fourth-order valence-corrected chi connectivity index (χ4v) is 3.16. The number of halogens is 6. The number of alkyl halides is 6. The lowest BCUT2D eigenvalue weighted by Crippen LogP contribution is -2.53. The number of aliphatic carboxylic acids is 1. The molecule has 1 atom stereocenters. The largest absolute Gasteiger partial charge is 0.480 e. The van der Waals surface area contributed by atoms with Crippen LogP contribution in [-0.4, -0.2) is 45.8 Å². The zero-order valence-corrected chi connectivity index (χ0v) is 18.0. The number of amides is 2. The lowest BCUT2D eigenvalue weighted by atomic mass is 9.90. The van der Waals surface area contributed by atoms with Gasteiger partial charge in [-0.05, 0) is 24.8 Å². The van der Waals surface area contributed by atoms with E-state index in [-0.39, 0.29) is 35.0 Å². The van der Waals surface area contributed by atoms with E-state index in [0.29, 0.717) is 12.1 Å². The Morgan fingerprint density at radius 2 is 1.59 bits per heavy atom. The van der Waals surface area contributed by atoms with Crippen LogP contribution in [0.4, 0.5) is 37.0 Å². The normalized spacial score (nSPS) is 13.6. The Kier molecular flexibility index (Phi) is 7.55. The fourth-order valence-electron chi connectivity index (χ4n) is 3.16. The van der Waals surface area contributed by atoms with Crippen LogP contribution in [0.1, 0.15) is 31.6 Å². The Labute approximate surface area is 188 Å². The summed E-state index contributed by atoms with van der Waals surface area (Å²) in [4.78, 5) is 23.6. The highest BCUT2D eigenvalue weighted by Gasteiger charge is 2.71. The quantitative estimate of drug-likeness (QED) is 0.415. The monoisotopic (exact) mass is 497 g/mol. The molecule has 2 amide bonds. The van der Waals surface area contributed by atoms with Crippen molar-refractivity contribution in [1.29, 1.82) is 0 Å². The number of benzene rings is 1. The summed E-state index contributed by atoms with van der Waals surface area (Å²) in [5.74, 6) is -1.53. The standard InChI is InChI=1S/C20H21F6N3O5/c1-9(2)8-13(16(30)31)27-17(32)28-15-14(10(3)34-29-15)11-4-6-12(7-5-11)18(33,19(21,22)23)20(24,25)26/h4-7,9,13,33H,8H2,1-3H3,(H,30,31)(H2,27,28,29,32). The molecule has 188 valence electrons. The molecule has 1 heterocycles. The van der Waals surface area contributed by atoms with Crippen molar-refractivity contribution in [3.63, 3.8) is 0 Å². The second-order valence-electron chi connectivity index (χ2n) is 7.86. The van der Waals surface area contributed by atoms with E-state index in [1.807, 2.05) is 0 Å². The first-order valence-electron chi connectivity index (χ1n) is 9.72. The number of nitrogens with zero attached hydrogens (tertiary/aromatic N) is 1. The van der Waals surface area contributed by atoms with Crippen LogP contribution in [0.3, 0.4) is 0 Å². The lowest BCUT2D eigenvalue weighted by molar-refractivity contribution is -0.376. The highest BCUT2D eigenvalue weighted by atomic mass is 19.4. The lowest BCUT2D eigenvalue weighted by Gasteiger charge is -2.32. The number of aromatic nitrogens is 1. The third-order valence-corrected chi connectivity index (χ3v) is 4.82. The molecule has 1 aromatic carbocycles. The second kappa shape index (κ2) is 9.52. The van der Waals surface area contributed by atoms with Gasteiger partial charge in [0.1, 0.15) is 11.8 Å². The second-order valence-corrected chi connectivity index (χ2v) is 7.86. The Morgan fingerprint density at radius 1 is 1.06 bits per heavy atom. The van der Waals surface area contributed by atoms with Crippen LogP contribution < -0.4 is 10.6 Å². The molecule has 0 spiro atoms. The molecule has 1 unspecified atom stereocenters. The number of carboxylic acid groups (broad SMARTS) is 1. The highest BCUT2D eigenvalue weighted by molar-refractivity contribution is 5.95. The Balaban J connectivity index is 2.35. The zero-order chi connectivity index (χ0) is 26.1. The van der Waals surface area contributed by atoms with Crippen LogP contribution in [0.15, 0.2) is 28.8 Å². The number of hydrogen-bond acceptors (Lipinski definition) is 5. The third kappa shape index (κ3) is 5.43. The van der Waals surface area contributed by atoms with Crippen LogP contribution in [0, 0.1) is 12.8 Å². The van der Waals surface area contributed by atoms with E-state index in [4.69, 9.17) is 4.52 Å². The molecule has 2 rings (SSSR count). The maximum absolute atomic E-state index is 13.1. The number of carboxylic acids is 1. The Morgan fingerprint density at radius 3 is 2.03 bits per heavy atom. The van der Waals surface area contributed by atoms with Crippen molar-refractivity contribution < 1.29 is 50.7 Å². The predicted molar refractivity (Wildman–Crippen MR) is 106 cm³/mol. The number of aryl methyl sites for hydroxylation is 1. The number of rotatable bonds is 7. The molecule has 8 nitrogen and oxygen atoms in total. The molecule has 0 bridgehead atoms. The van der Waals surface area contributed by atoms with Crippen molar-refractivity contribution in [2.75, 3.05) is 5.32 Å². The van der Waals surface area contributed by atoms with Crippen LogP contribution >= 0.6 is 0 Å². The van der Waals surface area contributed by atoms with Gasteiger partial charge in [-0.3, -0.25) is 5.32 Å². The number of carbonyl (C=O) groups excluding carboxylic acids is 1. The smallest absolute Gasteiger partial charge is 0.430 e. The van der Waals surface area contributed by atoms with Gasteiger partial charge in [0.25, 0.3) is 5.60 Å². The number of urea groups is 1. The Bertz CT molecular complexity index is 1020. The molecule has 1 aromatic heterocycles. The topological polar surface area (TPSA) is 125 Å². The van der Waals surface area contributed by atoms with Gasteiger partial charge in [0, 0.05) is 5.56 Å². The van der Waals surface area contributed by atoms with Gasteiger partial charge < -0.3 is 20.1 Å². The third-order valence-electron chi connectivity index (χ3n) is 4.82. The summed E-state index contributed by atoms with van der Waals surface area (Å²) in [5.41, 5.74) is -6.51. The summed E-state index contributed by atoms with van der Waals surface area (Å²) < 4.78 is 83.4. The predicted octanol–water partition coefficient (Wildman–Crippen LogP) is 4.58. The van der Waals surface area contributed by atoms with Crippen molar-refractivity contribution in [3.05, 3.63) is 35.6 Å². The Hall–Kier alpha value is -3.29. The molecular weight excluding hydrogens is 476 g/mol. The van der Waals surface area contributed by atoms with Crippen molar-refractivity contribution in [3.8, 4) is 11.1 Å². The highest BCUT2D eigenvalue weighted by Crippen LogP contribution is 2.50. The van der Waals surface area contributed by atoms with Crippen LogP contribution in [0.5, 0.6) is 0 Å².